The summed E-state index contributed by atoms with van der Waals surface area (Å²) in [6.07, 6.45) is 5.61. The van der Waals surface area contributed by atoms with Gasteiger partial charge < -0.3 is 15.0 Å². The van der Waals surface area contributed by atoms with E-state index < -0.39 is 5.97 Å². The van der Waals surface area contributed by atoms with E-state index in [1.54, 1.807) is 18.3 Å². The molecular formula is C22H27N3O3. The molecule has 6 heteroatoms. The van der Waals surface area contributed by atoms with Crippen molar-refractivity contribution in [2.24, 2.45) is 0 Å². The highest BCUT2D eigenvalue weighted by Gasteiger charge is 2.22. The second-order valence-corrected chi connectivity index (χ2v) is 6.96. The Morgan fingerprint density at radius 3 is 2.61 bits per heavy atom. The fourth-order valence-electron chi connectivity index (χ4n) is 3.48. The zero-order valence-corrected chi connectivity index (χ0v) is 16.3. The van der Waals surface area contributed by atoms with Crippen LogP contribution in [0.2, 0.25) is 0 Å². The predicted molar refractivity (Wildman–Crippen MR) is 108 cm³/mol. The SMILES string of the molecule is CCCC(NC(=O)COC(=O)c1cccnc1N1CCCC1)c1ccccc1. The number of carbonyl (C=O) groups excluding carboxylic acids is 2. The van der Waals surface area contributed by atoms with E-state index in [0.29, 0.717) is 11.4 Å². The van der Waals surface area contributed by atoms with Crippen LogP contribution in [-0.4, -0.2) is 36.6 Å². The third-order valence-corrected chi connectivity index (χ3v) is 4.86. The maximum absolute atomic E-state index is 12.5. The smallest absolute Gasteiger partial charge is 0.342 e. The largest absolute Gasteiger partial charge is 0.452 e. The van der Waals surface area contributed by atoms with E-state index in [1.807, 2.05) is 30.3 Å². The Hall–Kier alpha value is -2.89. The third kappa shape index (κ3) is 5.09. The van der Waals surface area contributed by atoms with Gasteiger partial charge in [-0.2, -0.15) is 0 Å². The molecule has 6 nitrogen and oxygen atoms in total. The van der Waals surface area contributed by atoms with Gasteiger partial charge in [0, 0.05) is 19.3 Å². The minimum Gasteiger partial charge on any atom is -0.452 e. The van der Waals surface area contributed by atoms with Gasteiger partial charge in [0.25, 0.3) is 5.91 Å². The van der Waals surface area contributed by atoms with E-state index >= 15 is 0 Å². The van der Waals surface area contributed by atoms with Crippen molar-refractivity contribution in [2.45, 2.75) is 38.6 Å². The first kappa shape index (κ1) is 19.9. The number of hydrogen-bond donors (Lipinski definition) is 1. The summed E-state index contributed by atoms with van der Waals surface area (Å²) in [6, 6.07) is 13.2. The molecule has 2 aromatic rings. The minimum atomic E-state index is -0.517. The second-order valence-electron chi connectivity index (χ2n) is 6.96. The summed E-state index contributed by atoms with van der Waals surface area (Å²) >= 11 is 0. The molecular weight excluding hydrogens is 354 g/mol. The molecule has 1 fully saturated rings. The summed E-state index contributed by atoms with van der Waals surface area (Å²) in [5.41, 5.74) is 1.46. The highest BCUT2D eigenvalue weighted by atomic mass is 16.5. The first-order valence-corrected chi connectivity index (χ1v) is 9.90. The highest BCUT2D eigenvalue weighted by Crippen LogP contribution is 2.22. The summed E-state index contributed by atoms with van der Waals surface area (Å²) in [6.45, 7) is 3.53. The number of benzene rings is 1. The number of nitrogens with one attached hydrogen (secondary N) is 1. The van der Waals surface area contributed by atoms with Crippen LogP contribution in [0, 0.1) is 0 Å². The molecule has 0 saturated carbocycles. The highest BCUT2D eigenvalue weighted by molar-refractivity contribution is 5.96. The fraction of sp³-hybridized carbons (Fsp3) is 0.409. The van der Waals surface area contributed by atoms with Gasteiger partial charge in [-0.1, -0.05) is 43.7 Å². The molecule has 1 aromatic heterocycles. The summed E-state index contributed by atoms with van der Waals surface area (Å²) < 4.78 is 5.29. The lowest BCUT2D eigenvalue weighted by molar-refractivity contribution is -0.125. The van der Waals surface area contributed by atoms with Gasteiger partial charge in [-0.15, -0.1) is 0 Å². The normalized spacial score (nSPS) is 14.5. The summed E-state index contributed by atoms with van der Waals surface area (Å²) in [5.74, 6) is -0.183. The molecule has 1 unspecified atom stereocenters. The van der Waals surface area contributed by atoms with Gasteiger partial charge in [-0.3, -0.25) is 4.79 Å². The van der Waals surface area contributed by atoms with Crippen LogP contribution in [0.4, 0.5) is 5.82 Å². The number of carbonyl (C=O) groups is 2. The van der Waals surface area contributed by atoms with Gasteiger partial charge in [-0.05, 0) is 37.0 Å². The number of pyridine rings is 1. The lowest BCUT2D eigenvalue weighted by atomic mass is 10.0. The molecule has 0 radical (unpaired) electrons. The Bertz CT molecular complexity index is 789. The molecule has 1 N–H and O–H groups in total. The maximum atomic E-state index is 12.5. The predicted octanol–water partition coefficient (Wildman–Crippen LogP) is 3.50. The average molecular weight is 381 g/mol. The van der Waals surface area contributed by atoms with Gasteiger partial charge in [0.15, 0.2) is 6.61 Å². The summed E-state index contributed by atoms with van der Waals surface area (Å²) in [7, 11) is 0. The molecule has 28 heavy (non-hydrogen) atoms. The number of aromatic nitrogens is 1. The molecule has 0 aliphatic carbocycles. The van der Waals surface area contributed by atoms with Crippen molar-refractivity contribution >= 4 is 17.7 Å². The molecule has 0 spiro atoms. The van der Waals surface area contributed by atoms with E-state index in [4.69, 9.17) is 4.74 Å². The Morgan fingerprint density at radius 1 is 1.14 bits per heavy atom. The molecule has 1 saturated heterocycles. The zero-order valence-electron chi connectivity index (χ0n) is 16.3. The van der Waals surface area contributed by atoms with Crippen LogP contribution in [0.3, 0.4) is 0 Å². The lowest BCUT2D eigenvalue weighted by Gasteiger charge is -2.20. The van der Waals surface area contributed by atoms with Gasteiger partial charge in [0.2, 0.25) is 0 Å². The Kier molecular flexibility index (Phi) is 7.00. The van der Waals surface area contributed by atoms with Crippen molar-refractivity contribution in [3.05, 3.63) is 59.8 Å². The standard InChI is InChI=1S/C22H27N3O3/c1-2-9-19(17-10-4-3-5-11-17)24-20(26)16-28-22(27)18-12-8-13-23-21(18)25-14-6-7-15-25/h3-5,8,10-13,19H,2,6-7,9,14-16H2,1H3,(H,24,26). The molecule has 2 heterocycles. The van der Waals surface area contributed by atoms with Gasteiger partial charge in [0.1, 0.15) is 11.4 Å². The van der Waals surface area contributed by atoms with Gasteiger partial charge in [-0.25, -0.2) is 9.78 Å². The molecule has 1 aliphatic heterocycles. The lowest BCUT2D eigenvalue weighted by Crippen LogP contribution is -2.32. The Balaban J connectivity index is 1.59. The molecule has 1 aromatic carbocycles. The number of ether oxygens (including phenoxy) is 1. The number of amides is 1. The maximum Gasteiger partial charge on any atom is 0.342 e. The van der Waals surface area contributed by atoms with Crippen LogP contribution in [-0.2, 0) is 9.53 Å². The number of rotatable bonds is 8. The van der Waals surface area contributed by atoms with Crippen molar-refractivity contribution in [2.75, 3.05) is 24.6 Å². The second kappa shape index (κ2) is 9.88. The monoisotopic (exact) mass is 381 g/mol. The minimum absolute atomic E-state index is 0.0871. The molecule has 0 bridgehead atoms. The number of esters is 1. The van der Waals surface area contributed by atoms with E-state index in [1.165, 1.54) is 0 Å². The Labute approximate surface area is 165 Å². The van der Waals surface area contributed by atoms with Crippen LogP contribution < -0.4 is 10.2 Å². The van der Waals surface area contributed by atoms with Crippen molar-refractivity contribution in [1.29, 1.82) is 0 Å². The summed E-state index contributed by atoms with van der Waals surface area (Å²) in [4.78, 5) is 31.3. The topological polar surface area (TPSA) is 71.5 Å². The van der Waals surface area contributed by atoms with Crippen LogP contribution in [0.5, 0.6) is 0 Å². The number of nitrogens with zero attached hydrogens (tertiary/aromatic N) is 2. The van der Waals surface area contributed by atoms with E-state index in [-0.39, 0.29) is 18.6 Å². The average Bonchev–Trinajstić information content (AvgIpc) is 3.27. The molecule has 1 atom stereocenters. The Morgan fingerprint density at radius 2 is 1.89 bits per heavy atom. The van der Waals surface area contributed by atoms with E-state index in [2.05, 4.69) is 22.1 Å². The molecule has 3 rings (SSSR count). The van der Waals surface area contributed by atoms with E-state index in [9.17, 15) is 9.59 Å². The quantitative estimate of drug-likeness (QED) is 0.709. The van der Waals surface area contributed by atoms with E-state index in [0.717, 1.165) is 44.3 Å². The fourth-order valence-corrected chi connectivity index (χ4v) is 3.48. The third-order valence-electron chi connectivity index (χ3n) is 4.86. The molecule has 1 aliphatic rings. The zero-order chi connectivity index (χ0) is 19.8. The van der Waals surface area contributed by atoms with Crippen molar-refractivity contribution < 1.29 is 14.3 Å². The molecule has 1 amide bonds. The van der Waals surface area contributed by atoms with Crippen LogP contribution in [0.1, 0.15) is 54.6 Å². The van der Waals surface area contributed by atoms with Crippen molar-refractivity contribution in [3.63, 3.8) is 0 Å². The summed E-state index contributed by atoms with van der Waals surface area (Å²) in [5, 5.41) is 2.97. The van der Waals surface area contributed by atoms with Crippen molar-refractivity contribution in [1.82, 2.24) is 10.3 Å². The van der Waals surface area contributed by atoms with Crippen LogP contribution >= 0.6 is 0 Å². The van der Waals surface area contributed by atoms with Gasteiger partial charge >= 0.3 is 5.97 Å². The van der Waals surface area contributed by atoms with Crippen LogP contribution in [0.15, 0.2) is 48.7 Å². The molecule has 148 valence electrons. The number of anilines is 1. The van der Waals surface area contributed by atoms with Crippen molar-refractivity contribution in [3.8, 4) is 0 Å². The number of hydrogen-bond acceptors (Lipinski definition) is 5. The first-order valence-electron chi connectivity index (χ1n) is 9.90. The van der Waals surface area contributed by atoms with Gasteiger partial charge in [0.05, 0.1) is 6.04 Å². The van der Waals surface area contributed by atoms with Crippen LogP contribution in [0.25, 0.3) is 0 Å². The first-order chi connectivity index (χ1) is 13.7.